The SMILES string of the molecule is CN(O)C(=O)C(N)(O)C(N)(O)C(N)C=O. The molecule has 0 saturated carbocycles. The molecule has 88 valence electrons. The quantitative estimate of drug-likeness (QED) is 0.120. The second-order valence-corrected chi connectivity index (χ2v) is 3.08. The lowest BCUT2D eigenvalue weighted by atomic mass is 9.93. The minimum absolute atomic E-state index is 0.00246. The monoisotopic (exact) mass is 222 g/mol. The summed E-state index contributed by atoms with van der Waals surface area (Å²) in [5.41, 5.74) is 9.11. The molecule has 9 nitrogen and oxygen atoms in total. The Hall–Kier alpha value is -1.10. The highest BCUT2D eigenvalue weighted by molar-refractivity contribution is 5.85. The van der Waals surface area contributed by atoms with Crippen molar-refractivity contribution in [3.63, 3.8) is 0 Å². The number of hydroxylamine groups is 2. The van der Waals surface area contributed by atoms with E-state index in [1.807, 2.05) is 0 Å². The predicted octanol–water partition coefficient (Wildman–Crippen LogP) is -4.35. The van der Waals surface area contributed by atoms with E-state index < -0.39 is 23.4 Å². The highest BCUT2D eigenvalue weighted by Crippen LogP contribution is 2.16. The van der Waals surface area contributed by atoms with Crippen LogP contribution in [0.3, 0.4) is 0 Å². The van der Waals surface area contributed by atoms with Crippen LogP contribution in [0, 0.1) is 0 Å². The predicted molar refractivity (Wildman–Crippen MR) is 46.9 cm³/mol. The van der Waals surface area contributed by atoms with Gasteiger partial charge < -0.3 is 20.7 Å². The summed E-state index contributed by atoms with van der Waals surface area (Å²) < 4.78 is 0. The van der Waals surface area contributed by atoms with Crippen LogP contribution in [0.4, 0.5) is 0 Å². The lowest BCUT2D eigenvalue weighted by Gasteiger charge is -2.38. The van der Waals surface area contributed by atoms with Gasteiger partial charge >= 0.3 is 0 Å². The lowest BCUT2D eigenvalue weighted by Crippen LogP contribution is -2.78. The highest BCUT2D eigenvalue weighted by atomic mass is 16.5. The van der Waals surface area contributed by atoms with Gasteiger partial charge in [0, 0.05) is 7.05 Å². The number of hydrogen-bond donors (Lipinski definition) is 6. The molecule has 0 aliphatic heterocycles. The summed E-state index contributed by atoms with van der Waals surface area (Å²) in [5.74, 6) is -1.51. The summed E-state index contributed by atoms with van der Waals surface area (Å²) in [4.78, 5) is 21.4. The van der Waals surface area contributed by atoms with Gasteiger partial charge in [-0.2, -0.15) is 0 Å². The molecule has 9 N–H and O–H groups in total. The number of amides is 1. The number of aldehydes is 1. The van der Waals surface area contributed by atoms with E-state index in [4.69, 9.17) is 22.4 Å². The van der Waals surface area contributed by atoms with Gasteiger partial charge in [0.05, 0.1) is 0 Å². The van der Waals surface area contributed by atoms with E-state index >= 15 is 0 Å². The van der Waals surface area contributed by atoms with Crippen LogP contribution in [0.1, 0.15) is 0 Å². The van der Waals surface area contributed by atoms with Gasteiger partial charge in [-0.05, 0) is 0 Å². The number of nitrogens with two attached hydrogens (primary N) is 3. The summed E-state index contributed by atoms with van der Waals surface area (Å²) in [6, 6.07) is -1.80. The second kappa shape index (κ2) is 4.18. The molecule has 0 aromatic carbocycles. The van der Waals surface area contributed by atoms with Crippen LogP contribution in [-0.4, -0.2) is 57.2 Å². The first-order valence-corrected chi connectivity index (χ1v) is 3.79. The van der Waals surface area contributed by atoms with Crippen LogP contribution in [0.15, 0.2) is 0 Å². The Labute approximate surface area is 85.0 Å². The maximum atomic E-state index is 11.1. The Balaban J connectivity index is 5.17. The van der Waals surface area contributed by atoms with E-state index in [1.54, 1.807) is 0 Å². The van der Waals surface area contributed by atoms with Crippen molar-refractivity contribution in [3.8, 4) is 0 Å². The smallest absolute Gasteiger partial charge is 0.297 e. The van der Waals surface area contributed by atoms with Crippen LogP contribution in [-0.2, 0) is 9.59 Å². The van der Waals surface area contributed by atoms with Crippen LogP contribution in [0.25, 0.3) is 0 Å². The summed E-state index contributed by atoms with van der Waals surface area (Å²) in [6.45, 7) is 0. The molecular formula is C6H14N4O5. The summed E-state index contributed by atoms with van der Waals surface area (Å²) in [7, 11) is 0.850. The van der Waals surface area contributed by atoms with E-state index in [-0.39, 0.29) is 11.3 Å². The van der Waals surface area contributed by atoms with Gasteiger partial charge in [-0.1, -0.05) is 0 Å². The molecule has 0 bridgehead atoms. The van der Waals surface area contributed by atoms with Crippen molar-refractivity contribution >= 4 is 12.2 Å². The second-order valence-electron chi connectivity index (χ2n) is 3.08. The van der Waals surface area contributed by atoms with Gasteiger partial charge in [-0.15, -0.1) is 0 Å². The molecule has 3 atom stereocenters. The third-order valence-electron chi connectivity index (χ3n) is 1.89. The van der Waals surface area contributed by atoms with Crippen LogP contribution < -0.4 is 17.2 Å². The number of aliphatic hydroxyl groups is 2. The fourth-order valence-electron chi connectivity index (χ4n) is 0.776. The minimum atomic E-state index is -3.09. The summed E-state index contributed by atoms with van der Waals surface area (Å²) in [5, 5.41) is 27.4. The molecule has 15 heavy (non-hydrogen) atoms. The number of carbonyl (C=O) groups excluding carboxylic acids is 2. The molecule has 9 heteroatoms. The molecule has 0 radical (unpaired) electrons. The Bertz CT molecular complexity index is 264. The highest BCUT2D eigenvalue weighted by Gasteiger charge is 2.55. The third kappa shape index (κ3) is 2.28. The fourth-order valence-corrected chi connectivity index (χ4v) is 0.776. The van der Waals surface area contributed by atoms with Crippen LogP contribution in [0.2, 0.25) is 0 Å². The molecule has 0 aromatic heterocycles. The van der Waals surface area contributed by atoms with Crippen molar-refractivity contribution in [2.75, 3.05) is 7.05 Å². The van der Waals surface area contributed by atoms with E-state index in [1.165, 1.54) is 0 Å². The molecule has 1 amide bonds. The fraction of sp³-hybridized carbons (Fsp3) is 0.667. The number of rotatable bonds is 4. The van der Waals surface area contributed by atoms with Gasteiger partial charge in [0.2, 0.25) is 5.72 Å². The molecule has 0 spiro atoms. The first kappa shape index (κ1) is 13.9. The van der Waals surface area contributed by atoms with Gasteiger partial charge in [0.1, 0.15) is 12.3 Å². The Kier molecular flexibility index (Phi) is 3.88. The molecule has 3 unspecified atom stereocenters. The normalized spacial score (nSPS) is 21.0. The molecule has 0 aliphatic rings. The molecule has 0 saturated heterocycles. The standard InChI is InChI=1S/C6H14N4O5/c1-10(15)4(12)6(9,14)5(8,13)3(7)2-11/h2-3,13-15H,7-9H2,1H3. The molecule has 0 fully saturated rings. The number of carbonyl (C=O) groups is 2. The van der Waals surface area contributed by atoms with E-state index in [2.05, 4.69) is 0 Å². The molecule has 0 heterocycles. The number of likely N-dealkylation sites (N-methyl/N-ethyl adjacent to an activating group) is 1. The van der Waals surface area contributed by atoms with Gasteiger partial charge in [-0.25, -0.2) is 5.06 Å². The van der Waals surface area contributed by atoms with Crippen molar-refractivity contribution in [1.82, 2.24) is 5.06 Å². The molecule has 0 aromatic rings. The molecular weight excluding hydrogens is 208 g/mol. The zero-order valence-corrected chi connectivity index (χ0v) is 7.99. The first-order chi connectivity index (χ1) is 6.59. The Morgan fingerprint density at radius 2 is 1.87 bits per heavy atom. The van der Waals surface area contributed by atoms with Crippen molar-refractivity contribution in [1.29, 1.82) is 0 Å². The Morgan fingerprint density at radius 1 is 1.47 bits per heavy atom. The van der Waals surface area contributed by atoms with Crippen molar-refractivity contribution in [2.45, 2.75) is 17.5 Å². The van der Waals surface area contributed by atoms with Crippen molar-refractivity contribution in [2.24, 2.45) is 17.2 Å². The van der Waals surface area contributed by atoms with E-state index in [0.717, 1.165) is 7.05 Å². The molecule has 0 rings (SSSR count). The number of hydrogen-bond acceptors (Lipinski definition) is 8. The zero-order valence-electron chi connectivity index (χ0n) is 7.99. The first-order valence-electron chi connectivity index (χ1n) is 3.79. The lowest BCUT2D eigenvalue weighted by molar-refractivity contribution is -0.209. The van der Waals surface area contributed by atoms with Crippen LogP contribution >= 0.6 is 0 Å². The molecule has 0 aliphatic carbocycles. The minimum Gasteiger partial charge on any atom is -0.370 e. The topological polar surface area (TPSA) is 176 Å². The Morgan fingerprint density at radius 3 is 2.13 bits per heavy atom. The van der Waals surface area contributed by atoms with Gasteiger partial charge in [-0.3, -0.25) is 21.5 Å². The maximum absolute atomic E-state index is 11.1. The average molecular weight is 222 g/mol. The summed E-state index contributed by atoms with van der Waals surface area (Å²) in [6.07, 6.45) is 0.00246. The summed E-state index contributed by atoms with van der Waals surface area (Å²) >= 11 is 0. The average Bonchev–Trinajstić information content (AvgIpc) is 2.14. The van der Waals surface area contributed by atoms with E-state index in [0.29, 0.717) is 0 Å². The number of nitrogens with zero attached hydrogens (tertiary/aromatic N) is 1. The maximum Gasteiger partial charge on any atom is 0.297 e. The van der Waals surface area contributed by atoms with Gasteiger partial charge in [0.25, 0.3) is 5.91 Å². The van der Waals surface area contributed by atoms with Gasteiger partial charge in [0.15, 0.2) is 5.72 Å². The van der Waals surface area contributed by atoms with E-state index in [9.17, 15) is 19.8 Å². The van der Waals surface area contributed by atoms with Crippen LogP contribution in [0.5, 0.6) is 0 Å². The third-order valence-corrected chi connectivity index (χ3v) is 1.89. The van der Waals surface area contributed by atoms with Crippen molar-refractivity contribution < 1.29 is 25.0 Å². The largest absolute Gasteiger partial charge is 0.370 e. The van der Waals surface area contributed by atoms with Crippen molar-refractivity contribution in [3.05, 3.63) is 0 Å². The zero-order chi connectivity index (χ0) is 12.4.